The van der Waals surface area contributed by atoms with Crippen LogP contribution in [-0.4, -0.2) is 28.3 Å². The topological polar surface area (TPSA) is 73.2 Å². The van der Waals surface area contributed by atoms with Gasteiger partial charge in [-0.2, -0.15) is 18.3 Å². The van der Waals surface area contributed by atoms with E-state index in [0.29, 0.717) is 16.5 Å². The maximum atomic E-state index is 13.0. The summed E-state index contributed by atoms with van der Waals surface area (Å²) in [6.07, 6.45) is -2.17. The van der Waals surface area contributed by atoms with E-state index in [1.165, 1.54) is 18.3 Å². The fourth-order valence-corrected chi connectivity index (χ4v) is 5.34. The molecule has 2 heterocycles. The van der Waals surface area contributed by atoms with Crippen molar-refractivity contribution in [3.8, 4) is 0 Å². The van der Waals surface area contributed by atoms with Crippen molar-refractivity contribution in [1.29, 1.82) is 0 Å². The van der Waals surface area contributed by atoms with Crippen LogP contribution in [0.25, 0.3) is 0 Å². The van der Waals surface area contributed by atoms with E-state index in [1.807, 2.05) is 0 Å². The van der Waals surface area contributed by atoms with Crippen molar-refractivity contribution in [3.05, 3.63) is 31.9 Å². The van der Waals surface area contributed by atoms with E-state index >= 15 is 0 Å². The number of nitrogens with zero attached hydrogens (tertiary/aromatic N) is 2. The first kappa shape index (κ1) is 22.8. The summed E-state index contributed by atoms with van der Waals surface area (Å²) < 4.78 is 45.1. The average molecular weight is 508 g/mol. The van der Waals surface area contributed by atoms with Gasteiger partial charge in [-0.1, -0.05) is 6.92 Å². The minimum Gasteiger partial charge on any atom is -0.462 e. The zero-order valence-electron chi connectivity index (χ0n) is 16.7. The highest BCUT2D eigenvalue weighted by atomic mass is 79.9. The molecule has 0 spiro atoms. The first-order valence-electron chi connectivity index (χ1n) is 9.44. The summed E-state index contributed by atoms with van der Waals surface area (Å²) in [4.78, 5) is 26.1. The molecule has 6 nitrogen and oxygen atoms in total. The maximum absolute atomic E-state index is 13.0. The first-order chi connectivity index (χ1) is 14.0. The molecule has 1 N–H and O–H groups in total. The Labute approximate surface area is 183 Å². The molecule has 0 aromatic carbocycles. The van der Waals surface area contributed by atoms with Crippen LogP contribution in [-0.2, 0) is 35.1 Å². The number of rotatable bonds is 5. The third-order valence-electron chi connectivity index (χ3n) is 4.94. The summed E-state index contributed by atoms with van der Waals surface area (Å²) >= 11 is 4.22. The molecule has 164 valence electrons. The molecule has 2 aromatic rings. The number of alkyl halides is 3. The van der Waals surface area contributed by atoms with Gasteiger partial charge in [0.1, 0.15) is 11.5 Å². The number of esters is 1. The second-order valence-electron chi connectivity index (χ2n) is 7.23. The molecule has 30 heavy (non-hydrogen) atoms. The Balaban J connectivity index is 1.86. The van der Waals surface area contributed by atoms with Gasteiger partial charge in [-0.15, -0.1) is 11.3 Å². The molecule has 2 aromatic heterocycles. The number of nitrogens with one attached hydrogen (secondary N) is 1. The number of carbonyl (C=O) groups is 2. The molecule has 0 bridgehead atoms. The average Bonchev–Trinajstić information content (AvgIpc) is 3.13. The van der Waals surface area contributed by atoms with Gasteiger partial charge in [0.2, 0.25) is 5.91 Å². The number of thiophene rings is 1. The van der Waals surface area contributed by atoms with Gasteiger partial charge < -0.3 is 10.1 Å². The first-order valence-corrected chi connectivity index (χ1v) is 11.0. The van der Waals surface area contributed by atoms with Crippen molar-refractivity contribution in [2.45, 2.75) is 52.8 Å². The summed E-state index contributed by atoms with van der Waals surface area (Å²) in [6.45, 7) is 5.06. The number of carbonyl (C=O) groups excluding carboxylic acids is 2. The minimum absolute atomic E-state index is 0.183. The molecule has 1 atom stereocenters. The van der Waals surface area contributed by atoms with Gasteiger partial charge in [-0.25, -0.2) is 4.79 Å². The highest BCUT2D eigenvalue weighted by molar-refractivity contribution is 9.10. The Morgan fingerprint density at radius 2 is 2.10 bits per heavy atom. The smallest absolute Gasteiger partial charge is 0.436 e. The largest absolute Gasteiger partial charge is 0.462 e. The van der Waals surface area contributed by atoms with Crippen LogP contribution in [0, 0.1) is 12.8 Å². The molecule has 1 amide bonds. The predicted octanol–water partition coefficient (Wildman–Crippen LogP) is 4.97. The lowest BCUT2D eigenvalue weighted by Crippen LogP contribution is -2.22. The summed E-state index contributed by atoms with van der Waals surface area (Å²) in [6, 6.07) is 0. The number of halogens is 4. The molecule has 3 rings (SSSR count). The Bertz CT molecular complexity index is 984. The maximum Gasteiger partial charge on any atom is 0.436 e. The van der Waals surface area contributed by atoms with Crippen LogP contribution in [0.3, 0.4) is 0 Å². The molecule has 1 unspecified atom stereocenters. The summed E-state index contributed by atoms with van der Waals surface area (Å²) in [7, 11) is 0. The number of aromatic nitrogens is 2. The van der Waals surface area contributed by atoms with Crippen molar-refractivity contribution in [2.75, 3.05) is 11.9 Å². The Kier molecular flexibility index (Phi) is 6.61. The van der Waals surface area contributed by atoms with E-state index in [0.717, 1.165) is 34.4 Å². The minimum atomic E-state index is -4.63. The van der Waals surface area contributed by atoms with Crippen LogP contribution < -0.4 is 5.32 Å². The van der Waals surface area contributed by atoms with E-state index in [1.54, 1.807) is 6.92 Å². The molecular weight excluding hydrogens is 487 g/mol. The molecule has 0 fully saturated rings. The molecule has 11 heteroatoms. The van der Waals surface area contributed by atoms with Gasteiger partial charge in [0.15, 0.2) is 5.69 Å². The highest BCUT2D eigenvalue weighted by Crippen LogP contribution is 2.40. The number of fused-ring (bicyclic) bond motifs is 1. The molecular formula is C19H21BrF3N3O3S. The van der Waals surface area contributed by atoms with Crippen molar-refractivity contribution in [2.24, 2.45) is 5.92 Å². The molecule has 1 aliphatic carbocycles. The number of hydrogen-bond acceptors (Lipinski definition) is 5. The molecule has 0 radical (unpaired) electrons. The van der Waals surface area contributed by atoms with Crippen LogP contribution >= 0.6 is 27.3 Å². The fraction of sp³-hybridized carbons (Fsp3) is 0.526. The normalized spacial score (nSPS) is 16.3. The third-order valence-corrected chi connectivity index (χ3v) is 7.06. The van der Waals surface area contributed by atoms with Crippen LogP contribution in [0.4, 0.5) is 18.2 Å². The number of ether oxygens (including phenoxy) is 1. The summed E-state index contributed by atoms with van der Waals surface area (Å²) in [5.41, 5.74) is 0.346. The van der Waals surface area contributed by atoms with E-state index in [9.17, 15) is 22.8 Å². The fourth-order valence-electron chi connectivity index (χ4n) is 3.42. The lowest BCUT2D eigenvalue weighted by atomic mass is 9.88. The van der Waals surface area contributed by atoms with Crippen molar-refractivity contribution in [3.63, 3.8) is 0 Å². The number of amides is 1. The van der Waals surface area contributed by atoms with Crippen molar-refractivity contribution >= 4 is 44.1 Å². The van der Waals surface area contributed by atoms with Gasteiger partial charge in [-0.05, 0) is 60.5 Å². The van der Waals surface area contributed by atoms with E-state index in [4.69, 9.17) is 4.74 Å². The predicted molar refractivity (Wildman–Crippen MR) is 110 cm³/mol. The summed E-state index contributed by atoms with van der Waals surface area (Å²) in [5, 5.41) is 6.58. The second-order valence-corrected chi connectivity index (χ2v) is 9.13. The quantitative estimate of drug-likeness (QED) is 0.579. The van der Waals surface area contributed by atoms with E-state index in [-0.39, 0.29) is 16.8 Å². The SMILES string of the molecule is CCOC(=O)c1c(NC(=O)Cn2nc(C(F)(F)F)c(Br)c2C)sc2c1CCC(C)C2. The van der Waals surface area contributed by atoms with Crippen LogP contribution in [0.1, 0.15) is 52.5 Å². The monoisotopic (exact) mass is 507 g/mol. The molecule has 0 saturated heterocycles. The second kappa shape index (κ2) is 8.70. The van der Waals surface area contributed by atoms with Gasteiger partial charge in [-0.3, -0.25) is 9.48 Å². The molecule has 1 aliphatic rings. The van der Waals surface area contributed by atoms with Crippen LogP contribution in [0.2, 0.25) is 0 Å². The van der Waals surface area contributed by atoms with Gasteiger partial charge in [0.05, 0.1) is 22.3 Å². The Morgan fingerprint density at radius 3 is 2.70 bits per heavy atom. The Hall–Kier alpha value is -1.88. The van der Waals surface area contributed by atoms with Crippen molar-refractivity contribution in [1.82, 2.24) is 9.78 Å². The van der Waals surface area contributed by atoms with Crippen molar-refractivity contribution < 1.29 is 27.5 Å². The zero-order valence-corrected chi connectivity index (χ0v) is 19.1. The lowest BCUT2D eigenvalue weighted by molar-refractivity contribution is -0.142. The van der Waals surface area contributed by atoms with E-state index in [2.05, 4.69) is 33.3 Å². The summed E-state index contributed by atoms with van der Waals surface area (Å²) in [5.74, 6) is -0.601. The van der Waals surface area contributed by atoms with Crippen LogP contribution in [0.15, 0.2) is 4.47 Å². The van der Waals surface area contributed by atoms with Gasteiger partial charge in [0.25, 0.3) is 0 Å². The highest BCUT2D eigenvalue weighted by Gasteiger charge is 2.38. The number of anilines is 1. The van der Waals surface area contributed by atoms with Gasteiger partial charge in [0, 0.05) is 4.88 Å². The molecule has 0 aliphatic heterocycles. The van der Waals surface area contributed by atoms with Crippen LogP contribution in [0.5, 0.6) is 0 Å². The number of hydrogen-bond donors (Lipinski definition) is 1. The standard InChI is InChI=1S/C19H21BrF3N3O3S/c1-4-29-18(28)14-11-6-5-9(2)7-12(11)30-17(14)24-13(27)8-26-10(3)15(20)16(25-26)19(21,22)23/h9H,4-8H2,1-3H3,(H,24,27). The zero-order chi connectivity index (χ0) is 22.2. The third kappa shape index (κ3) is 4.56. The van der Waals surface area contributed by atoms with E-state index < -0.39 is 30.3 Å². The Morgan fingerprint density at radius 1 is 1.40 bits per heavy atom. The van der Waals surface area contributed by atoms with Gasteiger partial charge >= 0.3 is 12.1 Å². The molecule has 0 saturated carbocycles. The lowest BCUT2D eigenvalue weighted by Gasteiger charge is -2.18.